The molecule has 1 aliphatic carbocycles. The van der Waals surface area contributed by atoms with Gasteiger partial charge in [-0.25, -0.2) is 4.79 Å². The molecular weight excluding hydrogens is 250 g/mol. The van der Waals surface area contributed by atoms with E-state index in [-0.39, 0.29) is 24.4 Å². The van der Waals surface area contributed by atoms with E-state index in [0.717, 1.165) is 12.8 Å². The molecule has 0 amide bonds. The van der Waals surface area contributed by atoms with Gasteiger partial charge in [0.15, 0.2) is 0 Å². The molecule has 6 nitrogen and oxygen atoms in total. The third-order valence-corrected chi connectivity index (χ3v) is 3.15. The Bertz CT molecular complexity index is 323. The molecule has 1 N–H and O–H groups in total. The second kappa shape index (κ2) is 7.76. The normalized spacial score (nSPS) is 24.1. The molecular formula is C13H21NO5. The maximum atomic E-state index is 11.8. The SMILES string of the molecule is CCOC(=O)OC(C)OC(=O)C1CCC(C=N)CC1. The molecule has 1 saturated carbocycles. The Balaban J connectivity index is 2.30. The lowest BCUT2D eigenvalue weighted by Crippen LogP contribution is -2.29. The summed E-state index contributed by atoms with van der Waals surface area (Å²) in [5.74, 6) is -0.234. The molecule has 1 rings (SSSR count). The van der Waals surface area contributed by atoms with E-state index < -0.39 is 12.4 Å². The predicted molar refractivity (Wildman–Crippen MR) is 67.9 cm³/mol. The van der Waals surface area contributed by atoms with E-state index in [1.54, 1.807) is 6.92 Å². The van der Waals surface area contributed by atoms with Gasteiger partial charge in [0.1, 0.15) is 0 Å². The first-order valence-corrected chi connectivity index (χ1v) is 6.61. The van der Waals surface area contributed by atoms with Crippen LogP contribution in [-0.2, 0) is 19.0 Å². The van der Waals surface area contributed by atoms with Gasteiger partial charge in [-0.05, 0) is 44.7 Å². The Hall–Kier alpha value is -1.59. The highest BCUT2D eigenvalue weighted by atomic mass is 16.8. The van der Waals surface area contributed by atoms with E-state index in [1.807, 2.05) is 0 Å². The molecule has 0 aliphatic heterocycles. The molecule has 1 fully saturated rings. The minimum absolute atomic E-state index is 0.163. The van der Waals surface area contributed by atoms with Crippen LogP contribution in [0, 0.1) is 17.2 Å². The molecule has 1 aliphatic rings. The summed E-state index contributed by atoms with van der Waals surface area (Å²) in [4.78, 5) is 22.9. The van der Waals surface area contributed by atoms with Crippen LogP contribution in [0.25, 0.3) is 0 Å². The Kier molecular flexibility index (Phi) is 6.32. The van der Waals surface area contributed by atoms with Gasteiger partial charge in [0, 0.05) is 6.92 Å². The third kappa shape index (κ3) is 5.28. The van der Waals surface area contributed by atoms with Crippen LogP contribution in [0.2, 0.25) is 0 Å². The number of hydrogen-bond acceptors (Lipinski definition) is 6. The summed E-state index contributed by atoms with van der Waals surface area (Å²) >= 11 is 0. The summed E-state index contributed by atoms with van der Waals surface area (Å²) in [6.07, 6.45) is 2.75. The molecule has 0 spiro atoms. The minimum Gasteiger partial charge on any atom is -0.435 e. The molecule has 0 saturated heterocycles. The highest BCUT2D eigenvalue weighted by Crippen LogP contribution is 2.28. The fraction of sp³-hybridized carbons (Fsp3) is 0.769. The van der Waals surface area contributed by atoms with Gasteiger partial charge in [-0.15, -0.1) is 0 Å². The number of hydrogen-bond donors (Lipinski definition) is 1. The van der Waals surface area contributed by atoms with Crippen molar-refractivity contribution < 1.29 is 23.8 Å². The summed E-state index contributed by atoms with van der Waals surface area (Å²) in [7, 11) is 0. The van der Waals surface area contributed by atoms with Gasteiger partial charge in [0.05, 0.1) is 12.5 Å². The van der Waals surface area contributed by atoms with E-state index >= 15 is 0 Å². The van der Waals surface area contributed by atoms with Crippen molar-refractivity contribution in [3.8, 4) is 0 Å². The molecule has 19 heavy (non-hydrogen) atoms. The number of esters is 1. The van der Waals surface area contributed by atoms with Crippen molar-refractivity contribution >= 4 is 18.3 Å². The number of nitrogens with one attached hydrogen (secondary N) is 1. The van der Waals surface area contributed by atoms with Gasteiger partial charge in [0.25, 0.3) is 0 Å². The molecule has 0 radical (unpaired) electrons. The monoisotopic (exact) mass is 271 g/mol. The van der Waals surface area contributed by atoms with Gasteiger partial charge >= 0.3 is 12.1 Å². The van der Waals surface area contributed by atoms with E-state index in [4.69, 9.17) is 14.9 Å². The third-order valence-electron chi connectivity index (χ3n) is 3.15. The highest BCUT2D eigenvalue weighted by Gasteiger charge is 2.28. The first-order chi connectivity index (χ1) is 9.06. The Morgan fingerprint density at radius 3 is 2.42 bits per heavy atom. The van der Waals surface area contributed by atoms with Gasteiger partial charge in [-0.3, -0.25) is 4.79 Å². The number of ether oxygens (including phenoxy) is 3. The Morgan fingerprint density at radius 2 is 1.89 bits per heavy atom. The van der Waals surface area contributed by atoms with Crippen molar-refractivity contribution in [3.05, 3.63) is 0 Å². The zero-order valence-electron chi connectivity index (χ0n) is 11.4. The molecule has 1 atom stereocenters. The Labute approximate surface area is 112 Å². The fourth-order valence-corrected chi connectivity index (χ4v) is 2.09. The van der Waals surface area contributed by atoms with Gasteiger partial charge in [-0.1, -0.05) is 0 Å². The summed E-state index contributed by atoms with van der Waals surface area (Å²) in [5, 5.41) is 7.19. The van der Waals surface area contributed by atoms with Crippen LogP contribution in [-0.4, -0.2) is 31.2 Å². The molecule has 0 aromatic rings. The topological polar surface area (TPSA) is 85.7 Å². The van der Waals surface area contributed by atoms with Crippen molar-refractivity contribution in [1.82, 2.24) is 0 Å². The maximum absolute atomic E-state index is 11.8. The summed E-state index contributed by atoms with van der Waals surface area (Å²) in [6.45, 7) is 3.37. The Morgan fingerprint density at radius 1 is 1.26 bits per heavy atom. The largest absolute Gasteiger partial charge is 0.511 e. The van der Waals surface area contributed by atoms with Gasteiger partial charge in [0.2, 0.25) is 6.29 Å². The zero-order chi connectivity index (χ0) is 14.3. The van der Waals surface area contributed by atoms with E-state index in [0.29, 0.717) is 12.8 Å². The first-order valence-electron chi connectivity index (χ1n) is 6.61. The smallest absolute Gasteiger partial charge is 0.435 e. The first kappa shape index (κ1) is 15.5. The molecule has 0 bridgehead atoms. The maximum Gasteiger partial charge on any atom is 0.511 e. The van der Waals surface area contributed by atoms with Gasteiger partial charge < -0.3 is 19.6 Å². The van der Waals surface area contributed by atoms with E-state index in [9.17, 15) is 9.59 Å². The van der Waals surface area contributed by atoms with E-state index in [2.05, 4.69) is 4.74 Å². The number of carbonyl (C=O) groups is 2. The standard InChI is InChI=1S/C13H21NO5/c1-3-17-13(16)19-9(2)18-12(15)11-6-4-10(8-14)5-7-11/h8-11,14H,3-7H2,1-2H3. The lowest BCUT2D eigenvalue weighted by molar-refractivity contribution is -0.173. The van der Waals surface area contributed by atoms with Crippen molar-refractivity contribution in [2.24, 2.45) is 11.8 Å². The zero-order valence-corrected chi connectivity index (χ0v) is 11.4. The predicted octanol–water partition coefficient (Wildman–Crippen LogP) is 2.50. The van der Waals surface area contributed by atoms with Crippen molar-refractivity contribution in [2.75, 3.05) is 6.61 Å². The lowest BCUT2D eigenvalue weighted by atomic mass is 9.83. The summed E-state index contributed by atoms with van der Waals surface area (Å²) < 4.78 is 14.4. The van der Waals surface area contributed by atoms with Crippen molar-refractivity contribution in [2.45, 2.75) is 45.8 Å². The van der Waals surface area contributed by atoms with Crippen molar-refractivity contribution in [3.63, 3.8) is 0 Å². The minimum atomic E-state index is -0.938. The summed E-state index contributed by atoms with van der Waals surface area (Å²) in [6, 6.07) is 0. The number of carbonyl (C=O) groups excluding carboxylic acids is 2. The van der Waals surface area contributed by atoms with Crippen molar-refractivity contribution in [1.29, 1.82) is 5.41 Å². The lowest BCUT2D eigenvalue weighted by Gasteiger charge is -2.25. The fourth-order valence-electron chi connectivity index (χ4n) is 2.09. The van der Waals surface area contributed by atoms with Crippen LogP contribution < -0.4 is 0 Å². The van der Waals surface area contributed by atoms with Crippen LogP contribution in [0.15, 0.2) is 0 Å². The summed E-state index contributed by atoms with van der Waals surface area (Å²) in [5.41, 5.74) is 0. The molecule has 0 aromatic heterocycles. The second-order valence-electron chi connectivity index (χ2n) is 4.58. The van der Waals surface area contributed by atoms with Crippen LogP contribution in [0.5, 0.6) is 0 Å². The van der Waals surface area contributed by atoms with E-state index in [1.165, 1.54) is 13.1 Å². The molecule has 0 heterocycles. The van der Waals surface area contributed by atoms with Gasteiger partial charge in [-0.2, -0.15) is 0 Å². The average molecular weight is 271 g/mol. The number of rotatable bonds is 5. The highest BCUT2D eigenvalue weighted by molar-refractivity contribution is 5.73. The molecule has 0 aromatic carbocycles. The molecule has 1 unspecified atom stereocenters. The second-order valence-corrected chi connectivity index (χ2v) is 4.58. The van der Waals surface area contributed by atoms with Crippen LogP contribution in [0.4, 0.5) is 4.79 Å². The average Bonchev–Trinajstić information content (AvgIpc) is 2.38. The molecule has 6 heteroatoms. The molecule has 108 valence electrons. The van der Waals surface area contributed by atoms with Crippen LogP contribution >= 0.6 is 0 Å². The van der Waals surface area contributed by atoms with Crippen LogP contribution in [0.1, 0.15) is 39.5 Å². The quantitative estimate of drug-likeness (QED) is 0.471. The van der Waals surface area contributed by atoms with Crippen LogP contribution in [0.3, 0.4) is 0 Å².